The average Bonchev–Trinajstić information content (AvgIpc) is 2.64. The largest absolute Gasteiger partial charge is 0.371 e. The Labute approximate surface area is 151 Å². The second-order valence-electron chi connectivity index (χ2n) is 6.85. The van der Waals surface area contributed by atoms with E-state index in [1.54, 1.807) is 0 Å². The van der Waals surface area contributed by atoms with Gasteiger partial charge in [-0.15, -0.1) is 0 Å². The predicted molar refractivity (Wildman–Crippen MR) is 102 cm³/mol. The Bertz CT molecular complexity index is 539. The molecule has 0 atom stereocenters. The number of benzene rings is 1. The summed E-state index contributed by atoms with van der Waals surface area (Å²) in [5.74, 6) is 0.291. The number of piperidine rings is 1. The van der Waals surface area contributed by atoms with Crippen LogP contribution in [0, 0.1) is 0 Å². The van der Waals surface area contributed by atoms with Crippen LogP contribution in [0.1, 0.15) is 45.4 Å². The lowest BCUT2D eigenvalue weighted by molar-refractivity contribution is -0.132. The number of para-hydroxylation sites is 1. The van der Waals surface area contributed by atoms with E-state index in [1.165, 1.54) is 12.6 Å². The Morgan fingerprint density at radius 3 is 2.44 bits per heavy atom. The molecule has 1 aliphatic heterocycles. The molecule has 1 heterocycles. The van der Waals surface area contributed by atoms with Gasteiger partial charge in [0.25, 0.3) is 0 Å². The van der Waals surface area contributed by atoms with Gasteiger partial charge < -0.3 is 15.1 Å². The fraction of sp³-hybridized carbons (Fsp3) is 0.600. The standard InChI is InChI=1S/C20H31N3O2/c1-17(24)21-14-8-4-7-11-20(25)23-15-12-19(13-16-23)22(2)18-9-5-3-6-10-18/h3,5-6,9-10,19H,4,7-8,11-16H2,1-2H3,(H,21,24). The molecule has 2 amide bonds. The van der Waals surface area contributed by atoms with E-state index in [1.807, 2.05) is 11.0 Å². The lowest BCUT2D eigenvalue weighted by Gasteiger charge is -2.38. The second kappa shape index (κ2) is 10.1. The van der Waals surface area contributed by atoms with Gasteiger partial charge in [-0.1, -0.05) is 24.6 Å². The van der Waals surface area contributed by atoms with Crippen molar-refractivity contribution < 1.29 is 9.59 Å². The maximum absolute atomic E-state index is 12.3. The van der Waals surface area contributed by atoms with E-state index in [4.69, 9.17) is 0 Å². The minimum Gasteiger partial charge on any atom is -0.371 e. The Kier molecular flexibility index (Phi) is 7.76. The summed E-state index contributed by atoms with van der Waals surface area (Å²) >= 11 is 0. The third-order valence-corrected chi connectivity index (χ3v) is 4.97. The SMILES string of the molecule is CC(=O)NCCCCCC(=O)N1CCC(N(C)c2ccccc2)CC1. The first-order chi connectivity index (χ1) is 12.1. The Hall–Kier alpha value is -2.04. The van der Waals surface area contributed by atoms with Gasteiger partial charge in [0.05, 0.1) is 0 Å². The highest BCUT2D eigenvalue weighted by molar-refractivity contribution is 5.76. The highest BCUT2D eigenvalue weighted by Crippen LogP contribution is 2.22. The molecule has 1 aliphatic rings. The summed E-state index contributed by atoms with van der Waals surface area (Å²) in [4.78, 5) is 27.5. The maximum atomic E-state index is 12.3. The predicted octanol–water partition coefficient (Wildman–Crippen LogP) is 2.81. The van der Waals surface area contributed by atoms with Crippen molar-refractivity contribution in [3.63, 3.8) is 0 Å². The fourth-order valence-electron chi connectivity index (χ4n) is 3.38. The first kappa shape index (κ1) is 19.3. The Morgan fingerprint density at radius 2 is 1.80 bits per heavy atom. The molecule has 1 N–H and O–H groups in total. The number of nitrogens with one attached hydrogen (secondary N) is 1. The summed E-state index contributed by atoms with van der Waals surface area (Å²) in [6, 6.07) is 10.9. The molecule has 1 fully saturated rings. The number of carbonyl (C=O) groups excluding carboxylic acids is 2. The van der Waals surface area contributed by atoms with E-state index < -0.39 is 0 Å². The summed E-state index contributed by atoms with van der Waals surface area (Å²) in [5.41, 5.74) is 1.24. The summed E-state index contributed by atoms with van der Waals surface area (Å²) in [6.07, 6.45) is 5.51. The molecular weight excluding hydrogens is 314 g/mol. The molecule has 1 aromatic carbocycles. The zero-order valence-corrected chi connectivity index (χ0v) is 15.5. The van der Waals surface area contributed by atoms with Crippen LogP contribution in [0.15, 0.2) is 30.3 Å². The third kappa shape index (κ3) is 6.40. The van der Waals surface area contributed by atoms with Gasteiger partial charge in [0.15, 0.2) is 0 Å². The van der Waals surface area contributed by atoms with E-state index in [9.17, 15) is 9.59 Å². The number of likely N-dealkylation sites (tertiary alicyclic amines) is 1. The topological polar surface area (TPSA) is 52.7 Å². The molecule has 0 radical (unpaired) electrons. The second-order valence-corrected chi connectivity index (χ2v) is 6.85. The van der Waals surface area contributed by atoms with E-state index >= 15 is 0 Å². The lowest BCUT2D eigenvalue weighted by Crippen LogP contribution is -2.45. The van der Waals surface area contributed by atoms with Gasteiger partial charge in [0, 0.05) is 51.8 Å². The molecule has 0 aromatic heterocycles. The van der Waals surface area contributed by atoms with Gasteiger partial charge in [-0.2, -0.15) is 0 Å². The quantitative estimate of drug-likeness (QED) is 0.737. The first-order valence-corrected chi connectivity index (χ1v) is 9.38. The van der Waals surface area contributed by atoms with Crippen LogP contribution in [0.25, 0.3) is 0 Å². The van der Waals surface area contributed by atoms with Crippen LogP contribution in [0.2, 0.25) is 0 Å². The normalized spacial score (nSPS) is 15.0. The van der Waals surface area contributed by atoms with Gasteiger partial charge in [0.2, 0.25) is 11.8 Å². The molecule has 0 aliphatic carbocycles. The van der Waals surface area contributed by atoms with E-state index in [0.29, 0.717) is 19.0 Å². The molecule has 5 nitrogen and oxygen atoms in total. The van der Waals surface area contributed by atoms with Crippen LogP contribution in [-0.4, -0.2) is 49.4 Å². The van der Waals surface area contributed by atoms with Crippen molar-refractivity contribution in [1.29, 1.82) is 0 Å². The van der Waals surface area contributed by atoms with Crippen molar-refractivity contribution in [3.05, 3.63) is 30.3 Å². The van der Waals surface area contributed by atoms with Crippen LogP contribution in [0.3, 0.4) is 0 Å². The fourth-order valence-corrected chi connectivity index (χ4v) is 3.38. The average molecular weight is 345 g/mol. The van der Waals surface area contributed by atoms with Crippen molar-refractivity contribution in [3.8, 4) is 0 Å². The van der Waals surface area contributed by atoms with E-state index in [2.05, 4.69) is 41.5 Å². The molecule has 2 rings (SSSR count). The van der Waals surface area contributed by atoms with Gasteiger partial charge in [-0.05, 0) is 37.8 Å². The molecule has 5 heteroatoms. The van der Waals surface area contributed by atoms with Crippen molar-refractivity contribution >= 4 is 17.5 Å². The number of unbranched alkanes of at least 4 members (excludes halogenated alkanes) is 2. The number of carbonyl (C=O) groups is 2. The number of amides is 2. The minimum atomic E-state index is 0.0134. The number of hydrogen-bond donors (Lipinski definition) is 1. The molecule has 25 heavy (non-hydrogen) atoms. The van der Waals surface area contributed by atoms with Crippen LogP contribution in [0.4, 0.5) is 5.69 Å². The third-order valence-electron chi connectivity index (χ3n) is 4.97. The molecule has 1 aromatic rings. The number of anilines is 1. The number of rotatable bonds is 8. The van der Waals surface area contributed by atoms with Crippen LogP contribution >= 0.6 is 0 Å². The molecule has 0 bridgehead atoms. The molecule has 1 saturated heterocycles. The first-order valence-electron chi connectivity index (χ1n) is 9.38. The van der Waals surface area contributed by atoms with Crippen molar-refractivity contribution in [2.24, 2.45) is 0 Å². The molecule has 0 unspecified atom stereocenters. The monoisotopic (exact) mass is 345 g/mol. The van der Waals surface area contributed by atoms with Crippen molar-refractivity contribution in [2.45, 2.75) is 51.5 Å². The summed E-state index contributed by atoms with van der Waals surface area (Å²) in [5, 5.41) is 2.79. The smallest absolute Gasteiger partial charge is 0.222 e. The van der Waals surface area contributed by atoms with Gasteiger partial charge in [-0.25, -0.2) is 0 Å². The lowest BCUT2D eigenvalue weighted by atomic mass is 10.0. The molecular formula is C20H31N3O2. The van der Waals surface area contributed by atoms with Gasteiger partial charge in [-0.3, -0.25) is 9.59 Å². The maximum Gasteiger partial charge on any atom is 0.222 e. The van der Waals surface area contributed by atoms with Crippen molar-refractivity contribution in [1.82, 2.24) is 10.2 Å². The highest BCUT2D eigenvalue weighted by Gasteiger charge is 2.25. The summed E-state index contributed by atoms with van der Waals surface area (Å²) < 4.78 is 0. The zero-order valence-electron chi connectivity index (χ0n) is 15.5. The van der Waals surface area contributed by atoms with Crippen LogP contribution < -0.4 is 10.2 Å². The number of nitrogens with zero attached hydrogens (tertiary/aromatic N) is 2. The Morgan fingerprint density at radius 1 is 1.12 bits per heavy atom. The Balaban J connectivity index is 1.64. The zero-order chi connectivity index (χ0) is 18.1. The summed E-state index contributed by atoms with van der Waals surface area (Å²) in [7, 11) is 2.15. The molecule has 0 spiro atoms. The minimum absolute atomic E-state index is 0.0134. The summed E-state index contributed by atoms with van der Waals surface area (Å²) in [6.45, 7) is 3.95. The van der Waals surface area contributed by atoms with E-state index in [0.717, 1.165) is 45.2 Å². The van der Waals surface area contributed by atoms with Crippen molar-refractivity contribution in [2.75, 3.05) is 31.6 Å². The van der Waals surface area contributed by atoms with Gasteiger partial charge in [0.1, 0.15) is 0 Å². The van der Waals surface area contributed by atoms with Gasteiger partial charge >= 0.3 is 0 Å². The molecule has 0 saturated carbocycles. The number of hydrogen-bond acceptors (Lipinski definition) is 3. The van der Waals surface area contributed by atoms with Crippen LogP contribution in [0.5, 0.6) is 0 Å². The van der Waals surface area contributed by atoms with E-state index in [-0.39, 0.29) is 11.8 Å². The highest BCUT2D eigenvalue weighted by atomic mass is 16.2. The molecule has 138 valence electrons. The van der Waals surface area contributed by atoms with Crippen LogP contribution in [-0.2, 0) is 9.59 Å².